The Morgan fingerprint density at radius 2 is 1.56 bits per heavy atom. The largest absolute Gasteiger partial charge is 0.508 e. The van der Waals surface area contributed by atoms with Gasteiger partial charge in [-0.05, 0) is 130 Å². The molecular formula is C34H48F3NO4S. The van der Waals surface area contributed by atoms with Gasteiger partial charge in [0.25, 0.3) is 0 Å². The number of benzene rings is 2. The third kappa shape index (κ3) is 13.0. The molecule has 43 heavy (non-hydrogen) atoms. The van der Waals surface area contributed by atoms with E-state index in [0.29, 0.717) is 25.3 Å². The normalized spacial score (nSPS) is 15.0. The van der Waals surface area contributed by atoms with Gasteiger partial charge in [-0.15, -0.1) is 0 Å². The first-order valence-electron chi connectivity index (χ1n) is 15.5. The summed E-state index contributed by atoms with van der Waals surface area (Å²) in [6.07, 6.45) is 3.09. The Balaban J connectivity index is 1.53. The van der Waals surface area contributed by atoms with Gasteiger partial charge < -0.3 is 20.2 Å². The minimum Gasteiger partial charge on any atom is -0.508 e. The molecule has 0 radical (unpaired) electrons. The number of phenols is 2. The van der Waals surface area contributed by atoms with Crippen molar-refractivity contribution >= 4 is 21.9 Å². The van der Waals surface area contributed by atoms with E-state index in [0.717, 1.165) is 69.0 Å². The molecule has 9 heteroatoms. The molecule has 240 valence electrons. The fraction of sp³-hybridized carbons (Fsp3) is 0.588. The predicted molar refractivity (Wildman–Crippen MR) is 170 cm³/mol. The Morgan fingerprint density at radius 3 is 2.28 bits per heavy atom. The van der Waals surface area contributed by atoms with Gasteiger partial charge in [0, 0.05) is 35.3 Å². The maximum atomic E-state index is 12.4. The van der Waals surface area contributed by atoms with Crippen molar-refractivity contribution in [2.75, 3.05) is 31.1 Å². The van der Waals surface area contributed by atoms with Crippen LogP contribution < -0.4 is 0 Å². The van der Waals surface area contributed by atoms with Gasteiger partial charge in [0.15, 0.2) is 0 Å². The molecule has 1 aliphatic rings. The van der Waals surface area contributed by atoms with Crippen LogP contribution in [0.15, 0.2) is 42.5 Å². The smallest absolute Gasteiger partial charge is 0.389 e. The number of hydrogen-bond donors (Lipinski definition) is 3. The molecule has 1 aliphatic carbocycles. The molecule has 1 unspecified atom stereocenters. The molecule has 0 saturated carbocycles. The average Bonchev–Trinajstić information content (AvgIpc) is 3.07. The standard InChI is InChI=1S/C34H48F3NO4S/c1-33(2,41)25-38(20-10-22-43(42)21-9-18-34(35,36)37)19-6-4-3-5-14-32-30(26-11-7-13-28(39)23-26)15-8-12-27-24-29(40)16-17-31(27)32/h7,11,13,16-17,23-24,39-41H,3-6,8-10,12,14-15,18-22,25H2,1-2H3. The quantitative estimate of drug-likeness (QED) is 0.156. The number of unbranched alkanes of at least 4 members (excludes halogenated alkanes) is 3. The number of nitrogens with zero attached hydrogens (tertiary/aromatic N) is 1. The molecule has 2 aromatic rings. The SMILES string of the molecule is CC(C)(O)CN(CCCCCCC1=C(c2cccc(O)c2)CCCc2cc(O)ccc21)CCCS(=O)CCCC(F)(F)F. The molecular weight excluding hydrogens is 575 g/mol. The van der Waals surface area contributed by atoms with Crippen LogP contribution in [0, 0.1) is 0 Å². The van der Waals surface area contributed by atoms with Gasteiger partial charge in [0.05, 0.1) is 5.60 Å². The fourth-order valence-corrected chi connectivity index (χ4v) is 7.06. The lowest BCUT2D eigenvalue weighted by Gasteiger charge is -2.29. The topological polar surface area (TPSA) is 81.0 Å². The second-order valence-corrected chi connectivity index (χ2v) is 14.1. The molecule has 3 rings (SSSR count). The first kappa shape index (κ1) is 35.1. The summed E-state index contributed by atoms with van der Waals surface area (Å²) in [4.78, 5) is 2.17. The first-order chi connectivity index (χ1) is 20.3. The van der Waals surface area contributed by atoms with E-state index in [1.54, 1.807) is 26.0 Å². The Kier molecular flexibility index (Phi) is 13.6. The van der Waals surface area contributed by atoms with Crippen LogP contribution in [0.1, 0.15) is 94.7 Å². The lowest BCUT2D eigenvalue weighted by molar-refractivity contribution is -0.134. The molecule has 0 aromatic heterocycles. The van der Waals surface area contributed by atoms with Crippen molar-refractivity contribution in [3.8, 4) is 11.5 Å². The number of aryl methyl sites for hydroxylation is 1. The molecule has 0 bridgehead atoms. The summed E-state index contributed by atoms with van der Waals surface area (Å²) in [6, 6.07) is 13.1. The van der Waals surface area contributed by atoms with E-state index >= 15 is 0 Å². The summed E-state index contributed by atoms with van der Waals surface area (Å²) in [5.74, 6) is 0.973. The van der Waals surface area contributed by atoms with Crippen LogP contribution in [0.25, 0.3) is 11.1 Å². The van der Waals surface area contributed by atoms with E-state index in [9.17, 15) is 32.7 Å². The lowest BCUT2D eigenvalue weighted by Crippen LogP contribution is -2.40. The van der Waals surface area contributed by atoms with E-state index < -0.39 is 29.0 Å². The van der Waals surface area contributed by atoms with E-state index in [4.69, 9.17) is 0 Å². The van der Waals surface area contributed by atoms with Crippen LogP contribution >= 0.6 is 0 Å². The van der Waals surface area contributed by atoms with Crippen molar-refractivity contribution in [3.63, 3.8) is 0 Å². The molecule has 1 atom stereocenters. The zero-order valence-electron chi connectivity index (χ0n) is 25.6. The van der Waals surface area contributed by atoms with E-state index in [1.165, 1.54) is 16.7 Å². The Morgan fingerprint density at radius 1 is 0.860 bits per heavy atom. The van der Waals surface area contributed by atoms with E-state index in [-0.39, 0.29) is 23.7 Å². The maximum absolute atomic E-state index is 12.4. The zero-order valence-corrected chi connectivity index (χ0v) is 26.4. The van der Waals surface area contributed by atoms with Gasteiger partial charge >= 0.3 is 6.18 Å². The number of halogens is 3. The van der Waals surface area contributed by atoms with Crippen LogP contribution in [0.3, 0.4) is 0 Å². The monoisotopic (exact) mass is 623 g/mol. The number of phenolic OH excluding ortho intramolecular Hbond substituents is 2. The molecule has 3 N–H and O–H groups in total. The number of alkyl halides is 3. The average molecular weight is 624 g/mol. The molecule has 0 fully saturated rings. The summed E-state index contributed by atoms with van der Waals surface area (Å²) in [5, 5.41) is 30.6. The summed E-state index contributed by atoms with van der Waals surface area (Å²) >= 11 is 0. The number of aromatic hydroxyl groups is 2. The van der Waals surface area contributed by atoms with Crippen molar-refractivity contribution in [1.29, 1.82) is 0 Å². The summed E-state index contributed by atoms with van der Waals surface area (Å²) in [6.45, 7) is 5.45. The molecule has 0 amide bonds. The number of hydrogen-bond acceptors (Lipinski definition) is 5. The highest BCUT2D eigenvalue weighted by atomic mass is 32.2. The highest BCUT2D eigenvalue weighted by molar-refractivity contribution is 7.84. The van der Waals surface area contributed by atoms with Crippen LogP contribution in [0.4, 0.5) is 13.2 Å². The van der Waals surface area contributed by atoms with Gasteiger partial charge in [-0.25, -0.2) is 0 Å². The van der Waals surface area contributed by atoms with Crippen molar-refractivity contribution in [3.05, 3.63) is 59.2 Å². The molecule has 2 aromatic carbocycles. The summed E-state index contributed by atoms with van der Waals surface area (Å²) < 4.78 is 49.2. The number of allylic oxidation sites excluding steroid dienone is 2. The van der Waals surface area contributed by atoms with Gasteiger partial charge in [0.1, 0.15) is 11.5 Å². The molecule has 0 saturated heterocycles. The number of fused-ring (bicyclic) bond motifs is 1. The Bertz CT molecular complexity index is 1220. The first-order valence-corrected chi connectivity index (χ1v) is 17.0. The third-order valence-corrected chi connectivity index (χ3v) is 9.27. The number of aliphatic hydroxyl groups is 1. The molecule has 0 spiro atoms. The predicted octanol–water partition coefficient (Wildman–Crippen LogP) is 7.85. The van der Waals surface area contributed by atoms with Gasteiger partial charge in [-0.3, -0.25) is 4.21 Å². The van der Waals surface area contributed by atoms with Crippen molar-refractivity contribution in [1.82, 2.24) is 4.90 Å². The minimum atomic E-state index is -4.21. The second kappa shape index (κ2) is 16.6. The van der Waals surface area contributed by atoms with Crippen LogP contribution in [-0.2, 0) is 17.2 Å². The number of rotatable bonds is 17. The summed E-state index contributed by atoms with van der Waals surface area (Å²) in [5.41, 5.74) is 5.05. The summed E-state index contributed by atoms with van der Waals surface area (Å²) in [7, 11) is -1.26. The Hall–Kier alpha value is -2.36. The zero-order chi connectivity index (χ0) is 31.5. The van der Waals surface area contributed by atoms with E-state index in [2.05, 4.69) is 11.0 Å². The molecule has 5 nitrogen and oxygen atoms in total. The van der Waals surface area contributed by atoms with Crippen LogP contribution in [0.5, 0.6) is 11.5 Å². The van der Waals surface area contributed by atoms with Gasteiger partial charge in [0.2, 0.25) is 0 Å². The highest BCUT2D eigenvalue weighted by Crippen LogP contribution is 2.40. The molecule has 0 aliphatic heterocycles. The fourth-order valence-electron chi connectivity index (χ4n) is 5.94. The second-order valence-electron chi connectivity index (χ2n) is 12.4. The van der Waals surface area contributed by atoms with Crippen molar-refractivity contribution in [2.45, 2.75) is 96.3 Å². The van der Waals surface area contributed by atoms with Gasteiger partial charge in [-0.1, -0.05) is 31.0 Å². The Labute approximate surface area is 257 Å². The van der Waals surface area contributed by atoms with Crippen molar-refractivity contribution in [2.24, 2.45) is 0 Å². The van der Waals surface area contributed by atoms with E-state index in [1.807, 2.05) is 24.3 Å². The lowest BCUT2D eigenvalue weighted by atomic mass is 9.89. The highest BCUT2D eigenvalue weighted by Gasteiger charge is 2.26. The van der Waals surface area contributed by atoms with Crippen molar-refractivity contribution < 1.29 is 32.7 Å². The van der Waals surface area contributed by atoms with Crippen LogP contribution in [-0.4, -0.2) is 67.3 Å². The minimum absolute atomic E-state index is 0.0697. The van der Waals surface area contributed by atoms with Crippen LogP contribution in [0.2, 0.25) is 0 Å². The van der Waals surface area contributed by atoms with Gasteiger partial charge in [-0.2, -0.15) is 13.2 Å². The third-order valence-electron chi connectivity index (χ3n) is 7.79. The molecule has 0 heterocycles. The maximum Gasteiger partial charge on any atom is 0.389 e.